The van der Waals surface area contributed by atoms with Crippen LogP contribution in [0.4, 0.5) is 11.4 Å². The van der Waals surface area contributed by atoms with Gasteiger partial charge in [-0.05, 0) is 42.8 Å². The van der Waals surface area contributed by atoms with Crippen LogP contribution in [-0.2, 0) is 4.79 Å². The molecule has 2 aromatic rings. The van der Waals surface area contributed by atoms with Gasteiger partial charge in [-0.3, -0.25) is 9.59 Å². The van der Waals surface area contributed by atoms with E-state index in [1.807, 2.05) is 19.1 Å². The van der Waals surface area contributed by atoms with Crippen LogP contribution in [0.5, 0.6) is 0 Å². The predicted octanol–water partition coefficient (Wildman–Crippen LogP) is 3.40. The van der Waals surface area contributed by atoms with Crippen molar-refractivity contribution in [1.82, 2.24) is 4.90 Å². The van der Waals surface area contributed by atoms with E-state index in [0.29, 0.717) is 16.3 Å². The molecule has 0 aliphatic rings. The molecule has 0 spiro atoms. The number of hydrogen-bond donors (Lipinski definition) is 2. The molecule has 0 saturated carbocycles. The molecular weight excluding hydrogens is 326 g/mol. The molecule has 0 fully saturated rings. The first-order valence-corrected chi connectivity index (χ1v) is 7.87. The third-order valence-corrected chi connectivity index (χ3v) is 3.92. The van der Waals surface area contributed by atoms with Crippen molar-refractivity contribution in [3.05, 3.63) is 58.6 Å². The molecule has 126 valence electrons. The van der Waals surface area contributed by atoms with Crippen LogP contribution < -0.4 is 10.6 Å². The number of amides is 2. The fourth-order valence-corrected chi connectivity index (χ4v) is 2.34. The van der Waals surface area contributed by atoms with Crippen LogP contribution in [0.1, 0.15) is 15.9 Å². The molecule has 6 heteroatoms. The molecule has 2 N–H and O–H groups in total. The van der Waals surface area contributed by atoms with E-state index < -0.39 is 0 Å². The zero-order valence-electron chi connectivity index (χ0n) is 13.9. The summed E-state index contributed by atoms with van der Waals surface area (Å²) in [6.07, 6.45) is 0. The summed E-state index contributed by atoms with van der Waals surface area (Å²) in [5.41, 5.74) is 2.81. The molecule has 0 unspecified atom stereocenters. The summed E-state index contributed by atoms with van der Waals surface area (Å²) in [5.74, 6) is -0.317. The largest absolute Gasteiger partial charge is 0.376 e. The standard InChI is InChI=1S/C18H20ClN3O2/c1-12-15(19)8-5-9-16(12)20-11-17(23)21-14-7-4-6-13(10-14)18(24)22(2)3/h4-10,20H,11H2,1-3H3,(H,21,23). The van der Waals surface area contributed by atoms with E-state index in [1.165, 1.54) is 4.90 Å². The quantitative estimate of drug-likeness (QED) is 0.873. The van der Waals surface area contributed by atoms with E-state index in [1.54, 1.807) is 44.4 Å². The lowest BCUT2D eigenvalue weighted by atomic mass is 10.2. The summed E-state index contributed by atoms with van der Waals surface area (Å²) in [4.78, 5) is 25.5. The number of nitrogens with zero attached hydrogens (tertiary/aromatic N) is 1. The number of benzene rings is 2. The molecule has 0 radical (unpaired) electrons. The van der Waals surface area contributed by atoms with Gasteiger partial charge in [0.25, 0.3) is 5.91 Å². The molecule has 0 aromatic heterocycles. The molecule has 2 rings (SSSR count). The van der Waals surface area contributed by atoms with E-state index in [4.69, 9.17) is 11.6 Å². The molecular formula is C18H20ClN3O2. The van der Waals surface area contributed by atoms with Crippen molar-refractivity contribution in [1.29, 1.82) is 0 Å². The van der Waals surface area contributed by atoms with Gasteiger partial charge in [0.1, 0.15) is 0 Å². The molecule has 0 atom stereocenters. The summed E-state index contributed by atoms with van der Waals surface area (Å²) >= 11 is 6.06. The van der Waals surface area contributed by atoms with Gasteiger partial charge in [0.15, 0.2) is 0 Å². The summed E-state index contributed by atoms with van der Waals surface area (Å²) in [5, 5.41) is 6.48. The second-order valence-electron chi connectivity index (χ2n) is 5.59. The Balaban J connectivity index is 1.99. The highest BCUT2D eigenvalue weighted by molar-refractivity contribution is 6.31. The zero-order chi connectivity index (χ0) is 17.7. The first-order chi connectivity index (χ1) is 11.4. The summed E-state index contributed by atoms with van der Waals surface area (Å²) in [6.45, 7) is 1.99. The number of carbonyl (C=O) groups is 2. The minimum Gasteiger partial charge on any atom is -0.376 e. The highest BCUT2D eigenvalue weighted by Crippen LogP contribution is 2.22. The second kappa shape index (κ2) is 7.84. The molecule has 5 nitrogen and oxygen atoms in total. The average molecular weight is 346 g/mol. The monoisotopic (exact) mass is 345 g/mol. The lowest BCUT2D eigenvalue weighted by Crippen LogP contribution is -2.23. The molecule has 0 aliphatic heterocycles. The Labute approximate surface area is 146 Å². The van der Waals surface area contributed by atoms with Crippen molar-refractivity contribution in [3.63, 3.8) is 0 Å². The van der Waals surface area contributed by atoms with E-state index in [2.05, 4.69) is 10.6 Å². The van der Waals surface area contributed by atoms with Gasteiger partial charge in [0.05, 0.1) is 6.54 Å². The van der Waals surface area contributed by atoms with Crippen molar-refractivity contribution < 1.29 is 9.59 Å². The van der Waals surface area contributed by atoms with E-state index in [9.17, 15) is 9.59 Å². The number of hydrogen-bond acceptors (Lipinski definition) is 3. The molecule has 0 aliphatic carbocycles. The van der Waals surface area contributed by atoms with Gasteiger partial charge in [-0.25, -0.2) is 0 Å². The molecule has 0 saturated heterocycles. The summed E-state index contributed by atoms with van der Waals surface area (Å²) in [7, 11) is 3.37. The normalized spacial score (nSPS) is 10.2. The van der Waals surface area contributed by atoms with E-state index >= 15 is 0 Å². The first kappa shape index (κ1) is 17.8. The Kier molecular flexibility index (Phi) is 5.82. The van der Waals surface area contributed by atoms with Crippen molar-refractivity contribution in [2.24, 2.45) is 0 Å². The minimum absolute atomic E-state index is 0.104. The predicted molar refractivity (Wildman–Crippen MR) is 97.8 cm³/mol. The van der Waals surface area contributed by atoms with Gasteiger partial charge in [-0.1, -0.05) is 23.7 Å². The second-order valence-corrected chi connectivity index (χ2v) is 6.00. The maximum atomic E-state index is 12.1. The first-order valence-electron chi connectivity index (χ1n) is 7.49. The molecule has 24 heavy (non-hydrogen) atoms. The van der Waals surface area contributed by atoms with Crippen molar-refractivity contribution in [2.45, 2.75) is 6.92 Å². The number of halogens is 1. The lowest BCUT2D eigenvalue weighted by Gasteiger charge is -2.13. The number of carbonyl (C=O) groups excluding carboxylic acids is 2. The molecule has 2 amide bonds. The fourth-order valence-electron chi connectivity index (χ4n) is 2.17. The highest BCUT2D eigenvalue weighted by atomic mass is 35.5. The highest BCUT2D eigenvalue weighted by Gasteiger charge is 2.10. The van der Waals surface area contributed by atoms with Crippen LogP contribution in [-0.4, -0.2) is 37.4 Å². The Bertz CT molecular complexity index is 760. The maximum Gasteiger partial charge on any atom is 0.253 e. The zero-order valence-corrected chi connectivity index (χ0v) is 14.6. The van der Waals surface area contributed by atoms with Crippen molar-refractivity contribution >= 4 is 34.8 Å². The van der Waals surface area contributed by atoms with Gasteiger partial charge >= 0.3 is 0 Å². The van der Waals surface area contributed by atoms with Gasteiger partial charge < -0.3 is 15.5 Å². The van der Waals surface area contributed by atoms with Gasteiger partial charge in [0, 0.05) is 36.1 Å². The van der Waals surface area contributed by atoms with Crippen LogP contribution in [0.25, 0.3) is 0 Å². The number of anilines is 2. The smallest absolute Gasteiger partial charge is 0.253 e. The van der Waals surface area contributed by atoms with E-state index in [0.717, 1.165) is 11.3 Å². The van der Waals surface area contributed by atoms with Crippen molar-refractivity contribution in [2.75, 3.05) is 31.3 Å². The fraction of sp³-hybridized carbons (Fsp3) is 0.222. The van der Waals surface area contributed by atoms with Crippen LogP contribution in [0, 0.1) is 6.92 Å². The van der Waals surface area contributed by atoms with Gasteiger partial charge in [0.2, 0.25) is 5.91 Å². The minimum atomic E-state index is -0.205. The number of nitrogens with one attached hydrogen (secondary N) is 2. The Morgan fingerprint density at radius 1 is 1.12 bits per heavy atom. The molecule has 2 aromatic carbocycles. The number of rotatable bonds is 5. The van der Waals surface area contributed by atoms with Crippen LogP contribution in [0.2, 0.25) is 5.02 Å². The maximum absolute atomic E-state index is 12.1. The van der Waals surface area contributed by atoms with E-state index in [-0.39, 0.29) is 18.4 Å². The Morgan fingerprint density at radius 2 is 1.83 bits per heavy atom. The lowest BCUT2D eigenvalue weighted by molar-refractivity contribution is -0.114. The third kappa shape index (κ3) is 4.49. The van der Waals surface area contributed by atoms with Crippen molar-refractivity contribution in [3.8, 4) is 0 Å². The third-order valence-electron chi connectivity index (χ3n) is 3.51. The van der Waals surface area contributed by atoms with Crippen LogP contribution in [0.15, 0.2) is 42.5 Å². The molecule has 0 heterocycles. The van der Waals surface area contributed by atoms with Gasteiger partial charge in [-0.15, -0.1) is 0 Å². The van der Waals surface area contributed by atoms with Crippen LogP contribution >= 0.6 is 11.6 Å². The summed E-state index contributed by atoms with van der Waals surface area (Å²) in [6, 6.07) is 12.3. The average Bonchev–Trinajstić information content (AvgIpc) is 2.55. The van der Waals surface area contributed by atoms with Crippen LogP contribution in [0.3, 0.4) is 0 Å². The molecule has 0 bridgehead atoms. The Hall–Kier alpha value is -2.53. The summed E-state index contributed by atoms with van der Waals surface area (Å²) < 4.78 is 0. The topological polar surface area (TPSA) is 61.4 Å². The van der Waals surface area contributed by atoms with Gasteiger partial charge in [-0.2, -0.15) is 0 Å². The Morgan fingerprint density at radius 3 is 2.54 bits per heavy atom. The SMILES string of the molecule is Cc1c(Cl)cccc1NCC(=O)Nc1cccc(C(=O)N(C)C)c1.